The Labute approximate surface area is 172 Å². The van der Waals surface area contributed by atoms with Gasteiger partial charge in [0.1, 0.15) is 11.5 Å². The predicted molar refractivity (Wildman–Crippen MR) is 113 cm³/mol. The molecule has 2 N–H and O–H groups in total. The number of carbonyl (C=O) groups excluding carboxylic acids is 1. The topological polar surface area (TPSA) is 93.7 Å². The molecule has 0 aliphatic heterocycles. The molecule has 7 nitrogen and oxygen atoms in total. The highest BCUT2D eigenvalue weighted by atomic mass is 32.2. The molecule has 0 fully saturated rings. The number of hydrogen-bond acceptors (Lipinski definition) is 5. The van der Waals surface area contributed by atoms with E-state index in [-0.39, 0.29) is 23.5 Å². The van der Waals surface area contributed by atoms with Gasteiger partial charge in [-0.3, -0.25) is 9.52 Å². The van der Waals surface area contributed by atoms with Crippen LogP contribution in [-0.4, -0.2) is 33.6 Å². The maximum atomic E-state index is 12.5. The Morgan fingerprint density at radius 3 is 2.14 bits per heavy atom. The van der Waals surface area contributed by atoms with Crippen molar-refractivity contribution in [2.45, 2.75) is 44.6 Å². The molecule has 158 valence electrons. The quantitative estimate of drug-likeness (QED) is 0.580. The van der Waals surface area contributed by atoms with E-state index < -0.39 is 10.0 Å². The molecular weight excluding hydrogens is 392 g/mol. The molecule has 8 heteroatoms. The van der Waals surface area contributed by atoms with E-state index >= 15 is 0 Å². The van der Waals surface area contributed by atoms with E-state index in [2.05, 4.69) is 17.0 Å². The summed E-state index contributed by atoms with van der Waals surface area (Å²) in [4.78, 5) is 11.9. The van der Waals surface area contributed by atoms with Gasteiger partial charge in [0.2, 0.25) is 0 Å². The first-order valence-electron chi connectivity index (χ1n) is 9.62. The third-order valence-corrected chi connectivity index (χ3v) is 5.45. The number of anilines is 1. The van der Waals surface area contributed by atoms with Gasteiger partial charge in [-0.25, -0.2) is 8.42 Å². The van der Waals surface area contributed by atoms with Crippen LogP contribution in [0.2, 0.25) is 0 Å². The SMILES string of the molecule is CCC[C@@H](C)NC(=O)COc1ccc(S(=O)(=O)Nc2ccc(OCC)cc2)cc1. The molecule has 0 aliphatic carbocycles. The average Bonchev–Trinajstić information content (AvgIpc) is 2.68. The maximum Gasteiger partial charge on any atom is 0.261 e. The van der Waals surface area contributed by atoms with Gasteiger partial charge in [0, 0.05) is 11.7 Å². The van der Waals surface area contributed by atoms with Crippen LogP contribution in [0.4, 0.5) is 5.69 Å². The van der Waals surface area contributed by atoms with Crippen molar-refractivity contribution in [1.82, 2.24) is 5.32 Å². The van der Waals surface area contributed by atoms with Gasteiger partial charge in [-0.05, 0) is 68.8 Å². The third kappa shape index (κ3) is 7.30. The Hall–Kier alpha value is -2.74. The number of nitrogens with one attached hydrogen (secondary N) is 2. The fourth-order valence-corrected chi connectivity index (χ4v) is 3.74. The molecule has 0 saturated heterocycles. The van der Waals surface area contributed by atoms with Crippen LogP contribution in [0.25, 0.3) is 0 Å². The molecule has 0 aliphatic rings. The first kappa shape index (κ1) is 22.5. The lowest BCUT2D eigenvalue weighted by atomic mass is 10.2. The zero-order valence-corrected chi connectivity index (χ0v) is 17.8. The van der Waals surface area contributed by atoms with Crippen LogP contribution in [-0.2, 0) is 14.8 Å². The molecule has 0 heterocycles. The predicted octanol–water partition coefficient (Wildman–Crippen LogP) is 3.57. The molecule has 0 aromatic heterocycles. The van der Waals surface area contributed by atoms with Gasteiger partial charge in [0.05, 0.1) is 11.5 Å². The van der Waals surface area contributed by atoms with Gasteiger partial charge >= 0.3 is 0 Å². The van der Waals surface area contributed by atoms with Crippen LogP contribution < -0.4 is 19.5 Å². The summed E-state index contributed by atoms with van der Waals surface area (Å²) in [5.74, 6) is 0.883. The Morgan fingerprint density at radius 1 is 0.966 bits per heavy atom. The van der Waals surface area contributed by atoms with Crippen molar-refractivity contribution in [1.29, 1.82) is 0 Å². The lowest BCUT2D eigenvalue weighted by Gasteiger charge is -2.13. The standard InChI is InChI=1S/C21H28N2O5S/c1-4-6-16(3)22-21(24)15-28-19-11-13-20(14-12-19)29(25,26)23-17-7-9-18(10-8-17)27-5-2/h7-14,16,23H,4-6,15H2,1-3H3,(H,22,24)/t16-/m1/s1. The van der Waals surface area contributed by atoms with Crippen molar-refractivity contribution in [3.05, 3.63) is 48.5 Å². The van der Waals surface area contributed by atoms with E-state index in [1.165, 1.54) is 24.3 Å². The fraction of sp³-hybridized carbons (Fsp3) is 0.381. The van der Waals surface area contributed by atoms with E-state index in [0.717, 1.165) is 12.8 Å². The summed E-state index contributed by atoms with van der Waals surface area (Å²) in [6, 6.07) is 12.7. The smallest absolute Gasteiger partial charge is 0.261 e. The van der Waals surface area contributed by atoms with Crippen LogP contribution in [0.15, 0.2) is 53.4 Å². The second-order valence-corrected chi connectivity index (χ2v) is 8.26. The summed E-state index contributed by atoms with van der Waals surface area (Å²) in [7, 11) is -3.73. The van der Waals surface area contributed by atoms with E-state index in [0.29, 0.717) is 23.8 Å². The van der Waals surface area contributed by atoms with Crippen LogP contribution in [0.1, 0.15) is 33.6 Å². The van der Waals surface area contributed by atoms with Gasteiger partial charge in [-0.1, -0.05) is 13.3 Å². The third-order valence-electron chi connectivity index (χ3n) is 4.05. The number of carbonyl (C=O) groups is 1. The van der Waals surface area contributed by atoms with Crippen LogP contribution >= 0.6 is 0 Å². The Balaban J connectivity index is 1.93. The fourth-order valence-electron chi connectivity index (χ4n) is 2.69. The van der Waals surface area contributed by atoms with E-state index in [4.69, 9.17) is 9.47 Å². The molecule has 0 bridgehead atoms. The molecule has 2 aromatic rings. The summed E-state index contributed by atoms with van der Waals surface area (Å²) in [5, 5.41) is 2.85. The first-order chi connectivity index (χ1) is 13.8. The highest BCUT2D eigenvalue weighted by Gasteiger charge is 2.15. The summed E-state index contributed by atoms with van der Waals surface area (Å²) >= 11 is 0. The largest absolute Gasteiger partial charge is 0.494 e. The molecule has 0 radical (unpaired) electrons. The molecule has 2 rings (SSSR count). The van der Waals surface area contributed by atoms with Crippen molar-refractivity contribution in [2.24, 2.45) is 0 Å². The van der Waals surface area contributed by atoms with E-state index in [1.807, 2.05) is 13.8 Å². The van der Waals surface area contributed by atoms with Gasteiger partial charge in [0.25, 0.3) is 15.9 Å². The number of benzene rings is 2. The second-order valence-electron chi connectivity index (χ2n) is 6.58. The van der Waals surface area contributed by atoms with E-state index in [1.54, 1.807) is 24.3 Å². The molecule has 29 heavy (non-hydrogen) atoms. The number of ether oxygens (including phenoxy) is 2. The van der Waals surface area contributed by atoms with E-state index in [9.17, 15) is 13.2 Å². The summed E-state index contributed by atoms with van der Waals surface area (Å²) < 4.78 is 38.3. The Kier molecular flexibility index (Phi) is 8.33. The zero-order valence-electron chi connectivity index (χ0n) is 17.0. The van der Waals surface area contributed by atoms with Crippen LogP contribution in [0, 0.1) is 0 Å². The molecule has 1 amide bonds. The Bertz CT molecular complexity index is 880. The number of amides is 1. The van der Waals surface area contributed by atoms with Gasteiger partial charge in [-0.15, -0.1) is 0 Å². The minimum Gasteiger partial charge on any atom is -0.494 e. The minimum atomic E-state index is -3.73. The minimum absolute atomic E-state index is 0.0947. The molecule has 0 unspecified atom stereocenters. The highest BCUT2D eigenvalue weighted by Crippen LogP contribution is 2.21. The molecule has 1 atom stereocenters. The monoisotopic (exact) mass is 420 g/mol. The van der Waals surface area contributed by atoms with Crippen molar-refractivity contribution < 1.29 is 22.7 Å². The molecule has 2 aromatic carbocycles. The number of sulfonamides is 1. The van der Waals surface area contributed by atoms with Crippen molar-refractivity contribution in [3.63, 3.8) is 0 Å². The lowest BCUT2D eigenvalue weighted by molar-refractivity contribution is -0.123. The van der Waals surface area contributed by atoms with Gasteiger partial charge in [0.15, 0.2) is 6.61 Å². The van der Waals surface area contributed by atoms with Crippen molar-refractivity contribution in [3.8, 4) is 11.5 Å². The molecule has 0 spiro atoms. The van der Waals surface area contributed by atoms with Crippen LogP contribution in [0.3, 0.4) is 0 Å². The van der Waals surface area contributed by atoms with Gasteiger partial charge in [-0.2, -0.15) is 0 Å². The first-order valence-corrected chi connectivity index (χ1v) is 11.1. The lowest BCUT2D eigenvalue weighted by Crippen LogP contribution is -2.35. The average molecular weight is 421 g/mol. The summed E-state index contributed by atoms with van der Waals surface area (Å²) in [5.41, 5.74) is 0.437. The van der Waals surface area contributed by atoms with Gasteiger partial charge < -0.3 is 14.8 Å². The summed E-state index contributed by atoms with van der Waals surface area (Å²) in [6.45, 7) is 6.30. The molecule has 0 saturated carbocycles. The summed E-state index contributed by atoms with van der Waals surface area (Å²) in [6.07, 6.45) is 1.89. The zero-order chi connectivity index (χ0) is 21.3. The number of rotatable bonds is 11. The highest BCUT2D eigenvalue weighted by molar-refractivity contribution is 7.92. The maximum absolute atomic E-state index is 12.5. The van der Waals surface area contributed by atoms with Crippen LogP contribution in [0.5, 0.6) is 11.5 Å². The Morgan fingerprint density at radius 2 is 1.55 bits per heavy atom. The van der Waals surface area contributed by atoms with Crippen molar-refractivity contribution >= 4 is 21.6 Å². The molecular formula is C21H28N2O5S. The second kappa shape index (κ2) is 10.7. The van der Waals surface area contributed by atoms with Crippen molar-refractivity contribution in [2.75, 3.05) is 17.9 Å². The normalized spacial score (nSPS) is 12.1. The number of hydrogen-bond donors (Lipinski definition) is 2.